The van der Waals surface area contributed by atoms with Crippen LogP contribution in [0.3, 0.4) is 0 Å². The van der Waals surface area contributed by atoms with E-state index < -0.39 is 16.9 Å². The van der Waals surface area contributed by atoms with Crippen LogP contribution in [0, 0.1) is 10.1 Å². The average molecular weight is 401 g/mol. The van der Waals surface area contributed by atoms with Gasteiger partial charge in [0.2, 0.25) is 5.91 Å². The minimum Gasteiger partial charge on any atom is -0.458 e. The Labute approximate surface area is 166 Å². The van der Waals surface area contributed by atoms with Gasteiger partial charge in [0.05, 0.1) is 27.5 Å². The monoisotopic (exact) mass is 401 g/mol. The third kappa shape index (κ3) is 3.45. The van der Waals surface area contributed by atoms with Gasteiger partial charge in [-0.3, -0.25) is 19.8 Å². The Kier molecular flexibility index (Phi) is 5.64. The van der Waals surface area contributed by atoms with Crippen LogP contribution in [0.2, 0.25) is 0 Å². The third-order valence-electron chi connectivity index (χ3n) is 4.47. The normalized spacial score (nSPS) is 21.3. The van der Waals surface area contributed by atoms with Gasteiger partial charge in [-0.25, -0.2) is 9.79 Å². The summed E-state index contributed by atoms with van der Waals surface area (Å²) in [5.41, 5.74) is 0.951. The molecule has 1 aromatic carbocycles. The van der Waals surface area contributed by atoms with Crippen LogP contribution in [0.1, 0.15) is 31.9 Å². The van der Waals surface area contributed by atoms with Crippen molar-refractivity contribution in [2.75, 3.05) is 6.61 Å². The van der Waals surface area contributed by atoms with E-state index >= 15 is 0 Å². The fourth-order valence-corrected chi connectivity index (χ4v) is 4.32. The van der Waals surface area contributed by atoms with Gasteiger partial charge in [-0.05, 0) is 18.9 Å². The Hall–Kier alpha value is -2.94. The molecule has 0 aromatic heterocycles. The number of esters is 1. The standard InChI is InChI=1S/C19H19N3O5S/c1-4-9-27-18(24)15-11(3)20-19-21(17(23)14(5-2)28-19)16(15)12-7-6-8-13(10-12)22(25)26/h4,6-8,10,14,16H,1,5,9H2,2-3H3/t14-,16-/m1/s1. The predicted molar refractivity (Wildman–Crippen MR) is 106 cm³/mol. The van der Waals surface area contributed by atoms with Crippen molar-refractivity contribution in [1.29, 1.82) is 0 Å². The van der Waals surface area contributed by atoms with E-state index in [0.29, 0.717) is 22.8 Å². The lowest BCUT2D eigenvalue weighted by atomic mass is 9.94. The number of nitro groups is 1. The number of carbonyl (C=O) groups is 2. The molecular weight excluding hydrogens is 382 g/mol. The molecule has 9 heteroatoms. The van der Waals surface area contributed by atoms with Crippen molar-refractivity contribution in [2.45, 2.75) is 31.6 Å². The average Bonchev–Trinajstić information content (AvgIpc) is 3.00. The predicted octanol–water partition coefficient (Wildman–Crippen LogP) is 3.36. The molecule has 1 saturated heterocycles. The van der Waals surface area contributed by atoms with E-state index in [2.05, 4.69) is 11.6 Å². The number of benzene rings is 1. The molecule has 0 N–H and O–H groups in total. The number of fused-ring (bicyclic) bond motifs is 1. The quantitative estimate of drug-likeness (QED) is 0.313. The van der Waals surface area contributed by atoms with Crippen molar-refractivity contribution in [2.24, 2.45) is 4.99 Å². The summed E-state index contributed by atoms with van der Waals surface area (Å²) in [6.07, 6.45) is 2.05. The summed E-state index contributed by atoms with van der Waals surface area (Å²) in [6, 6.07) is 5.10. The number of hydrogen-bond donors (Lipinski definition) is 0. The van der Waals surface area contributed by atoms with E-state index in [1.54, 1.807) is 13.0 Å². The molecule has 28 heavy (non-hydrogen) atoms. The van der Waals surface area contributed by atoms with Crippen LogP contribution < -0.4 is 0 Å². The van der Waals surface area contributed by atoms with Crippen LogP contribution in [0.25, 0.3) is 0 Å². The van der Waals surface area contributed by atoms with Crippen molar-refractivity contribution in [1.82, 2.24) is 4.90 Å². The first-order valence-corrected chi connectivity index (χ1v) is 9.58. The van der Waals surface area contributed by atoms with Gasteiger partial charge < -0.3 is 4.74 Å². The summed E-state index contributed by atoms with van der Waals surface area (Å²) >= 11 is 1.34. The molecule has 1 aromatic rings. The van der Waals surface area contributed by atoms with E-state index in [0.717, 1.165) is 0 Å². The van der Waals surface area contributed by atoms with Crippen LogP contribution in [0.15, 0.2) is 53.2 Å². The van der Waals surface area contributed by atoms with Gasteiger partial charge in [0.15, 0.2) is 5.17 Å². The number of nitrogens with zero attached hydrogens (tertiary/aromatic N) is 3. The lowest BCUT2D eigenvalue weighted by Crippen LogP contribution is -2.40. The lowest BCUT2D eigenvalue weighted by Gasteiger charge is -2.32. The fraction of sp³-hybridized carbons (Fsp3) is 0.316. The second-order valence-electron chi connectivity index (χ2n) is 6.26. The molecule has 0 radical (unpaired) electrons. The number of ether oxygens (including phenoxy) is 1. The van der Waals surface area contributed by atoms with Crippen LogP contribution in [0.5, 0.6) is 0 Å². The van der Waals surface area contributed by atoms with Gasteiger partial charge in [-0.2, -0.15) is 0 Å². The molecule has 1 amide bonds. The molecule has 2 aliphatic rings. The summed E-state index contributed by atoms with van der Waals surface area (Å²) in [7, 11) is 0. The summed E-state index contributed by atoms with van der Waals surface area (Å²) in [5.74, 6) is -0.807. The highest BCUT2D eigenvalue weighted by molar-refractivity contribution is 8.15. The van der Waals surface area contributed by atoms with Crippen LogP contribution in [0.4, 0.5) is 5.69 Å². The number of amides is 1. The van der Waals surface area contributed by atoms with Gasteiger partial charge in [-0.15, -0.1) is 0 Å². The number of non-ortho nitro benzene ring substituents is 1. The molecule has 0 aliphatic carbocycles. The maximum absolute atomic E-state index is 13.0. The largest absolute Gasteiger partial charge is 0.458 e. The van der Waals surface area contributed by atoms with E-state index in [1.165, 1.54) is 40.9 Å². The Morgan fingerprint density at radius 3 is 2.89 bits per heavy atom. The van der Waals surface area contributed by atoms with Crippen molar-refractivity contribution >= 4 is 34.5 Å². The zero-order valence-corrected chi connectivity index (χ0v) is 16.3. The van der Waals surface area contributed by atoms with Crippen LogP contribution in [-0.4, -0.2) is 38.7 Å². The van der Waals surface area contributed by atoms with Gasteiger partial charge in [0.25, 0.3) is 5.69 Å². The smallest absolute Gasteiger partial charge is 0.338 e. The number of aliphatic imine (C=N–C) groups is 1. The molecule has 2 heterocycles. The molecule has 8 nitrogen and oxygen atoms in total. The molecule has 146 valence electrons. The highest BCUT2D eigenvalue weighted by Gasteiger charge is 2.47. The number of amidine groups is 1. The summed E-state index contributed by atoms with van der Waals surface area (Å²) in [6.45, 7) is 7.11. The first kappa shape index (κ1) is 19.8. The molecule has 0 saturated carbocycles. The van der Waals surface area contributed by atoms with Gasteiger partial charge in [0.1, 0.15) is 6.61 Å². The Morgan fingerprint density at radius 1 is 1.50 bits per heavy atom. The highest BCUT2D eigenvalue weighted by atomic mass is 32.2. The van der Waals surface area contributed by atoms with Gasteiger partial charge in [0, 0.05) is 12.1 Å². The van der Waals surface area contributed by atoms with Crippen molar-refractivity contribution < 1.29 is 19.2 Å². The topological polar surface area (TPSA) is 102 Å². The molecule has 2 aliphatic heterocycles. The first-order valence-electron chi connectivity index (χ1n) is 8.70. The zero-order valence-electron chi connectivity index (χ0n) is 15.5. The van der Waals surface area contributed by atoms with Gasteiger partial charge >= 0.3 is 5.97 Å². The van der Waals surface area contributed by atoms with E-state index in [9.17, 15) is 19.7 Å². The molecular formula is C19H19N3O5S. The van der Waals surface area contributed by atoms with Crippen molar-refractivity contribution in [3.8, 4) is 0 Å². The van der Waals surface area contributed by atoms with Gasteiger partial charge in [-0.1, -0.05) is 43.5 Å². The molecule has 1 fully saturated rings. The Balaban J connectivity index is 2.14. The maximum atomic E-state index is 13.0. The number of allylic oxidation sites excluding steroid dienone is 1. The third-order valence-corrected chi connectivity index (χ3v) is 5.79. The fourth-order valence-electron chi connectivity index (χ4n) is 3.19. The van der Waals surface area contributed by atoms with Crippen molar-refractivity contribution in [3.05, 3.63) is 63.9 Å². The van der Waals surface area contributed by atoms with E-state index in [-0.39, 0.29) is 29.0 Å². The highest BCUT2D eigenvalue weighted by Crippen LogP contribution is 2.44. The number of nitro benzene ring substituents is 1. The second kappa shape index (κ2) is 7.97. The zero-order chi connectivity index (χ0) is 20.4. The summed E-state index contributed by atoms with van der Waals surface area (Å²) in [5, 5.41) is 11.4. The molecule has 0 spiro atoms. The molecule has 0 unspecified atom stereocenters. The molecule has 2 atom stereocenters. The maximum Gasteiger partial charge on any atom is 0.338 e. The number of thioether (sulfide) groups is 1. The van der Waals surface area contributed by atoms with E-state index in [1.807, 2.05) is 6.92 Å². The minimum absolute atomic E-state index is 0.00806. The second-order valence-corrected chi connectivity index (χ2v) is 7.43. The Morgan fingerprint density at radius 2 is 2.25 bits per heavy atom. The summed E-state index contributed by atoms with van der Waals surface area (Å²) in [4.78, 5) is 42.3. The number of hydrogen-bond acceptors (Lipinski definition) is 7. The molecule has 0 bridgehead atoms. The lowest BCUT2D eigenvalue weighted by molar-refractivity contribution is -0.384. The number of carbonyl (C=O) groups excluding carboxylic acids is 2. The van der Waals surface area contributed by atoms with Crippen LogP contribution in [-0.2, 0) is 14.3 Å². The summed E-state index contributed by atoms with van der Waals surface area (Å²) < 4.78 is 5.20. The molecule has 3 rings (SSSR count). The number of rotatable bonds is 6. The minimum atomic E-state index is -0.832. The van der Waals surface area contributed by atoms with E-state index in [4.69, 9.17) is 4.74 Å². The Bertz CT molecular complexity index is 924. The first-order chi connectivity index (χ1) is 13.4. The van der Waals surface area contributed by atoms with Crippen LogP contribution >= 0.6 is 11.8 Å². The van der Waals surface area contributed by atoms with Crippen molar-refractivity contribution in [3.63, 3.8) is 0 Å². The SMILES string of the molecule is C=CCOC(=O)C1=C(C)N=C2S[C@H](CC)C(=O)N2[C@@H]1c1cccc([N+](=O)[O-])c1.